The summed E-state index contributed by atoms with van der Waals surface area (Å²) in [6, 6.07) is 3.78. The lowest BCUT2D eigenvalue weighted by Crippen LogP contribution is -2.25. The molecule has 1 N–H and O–H groups in total. The smallest absolute Gasteiger partial charge is 0.214 e. The van der Waals surface area contributed by atoms with Crippen LogP contribution in [0.25, 0.3) is 0 Å². The number of hydrogen-bond acceptors (Lipinski definition) is 3. The molecular formula is C13H19NO2. The third kappa shape index (κ3) is 2.53. The molecule has 1 aromatic heterocycles. The highest BCUT2D eigenvalue weighted by Crippen LogP contribution is 2.26. The fourth-order valence-electron chi connectivity index (χ4n) is 1.69. The van der Waals surface area contributed by atoms with Crippen LogP contribution in [0.5, 0.6) is 5.88 Å². The first kappa shape index (κ1) is 11.4. The molecule has 88 valence electrons. The first-order valence-electron chi connectivity index (χ1n) is 5.97. The topological polar surface area (TPSA) is 42.4 Å². The van der Waals surface area contributed by atoms with Gasteiger partial charge in [-0.15, -0.1) is 0 Å². The number of aliphatic hydroxyl groups is 1. The summed E-state index contributed by atoms with van der Waals surface area (Å²) >= 11 is 0. The van der Waals surface area contributed by atoms with Gasteiger partial charge in [-0.05, 0) is 36.8 Å². The second kappa shape index (κ2) is 4.83. The minimum absolute atomic E-state index is 0.0449. The maximum Gasteiger partial charge on any atom is 0.214 e. The first-order chi connectivity index (χ1) is 7.69. The van der Waals surface area contributed by atoms with E-state index in [4.69, 9.17) is 4.74 Å². The molecule has 16 heavy (non-hydrogen) atoms. The van der Waals surface area contributed by atoms with E-state index in [2.05, 4.69) is 18.8 Å². The average Bonchev–Trinajstić information content (AvgIpc) is 2.23. The molecule has 0 amide bonds. The van der Waals surface area contributed by atoms with Gasteiger partial charge >= 0.3 is 0 Å². The number of nitrogens with zero attached hydrogens (tertiary/aromatic N) is 1. The third-order valence-corrected chi connectivity index (χ3v) is 3.00. The van der Waals surface area contributed by atoms with E-state index >= 15 is 0 Å². The van der Waals surface area contributed by atoms with Gasteiger partial charge in [0.2, 0.25) is 5.88 Å². The summed E-state index contributed by atoms with van der Waals surface area (Å²) < 4.78 is 5.76. The predicted molar refractivity (Wildman–Crippen MR) is 62.5 cm³/mol. The Kier molecular flexibility index (Phi) is 3.44. The van der Waals surface area contributed by atoms with Crippen LogP contribution in [0.15, 0.2) is 12.1 Å². The Balaban J connectivity index is 2.18. The van der Waals surface area contributed by atoms with Crippen LogP contribution in [0.1, 0.15) is 50.3 Å². The minimum Gasteiger partial charge on any atom is -0.474 e. The largest absolute Gasteiger partial charge is 0.474 e. The van der Waals surface area contributed by atoms with E-state index in [0.717, 1.165) is 24.1 Å². The van der Waals surface area contributed by atoms with Crippen LogP contribution in [-0.2, 0) is 6.61 Å². The zero-order chi connectivity index (χ0) is 11.5. The zero-order valence-corrected chi connectivity index (χ0v) is 9.94. The van der Waals surface area contributed by atoms with Crippen molar-refractivity contribution in [2.75, 3.05) is 0 Å². The normalized spacial score (nSPS) is 16.2. The van der Waals surface area contributed by atoms with Gasteiger partial charge in [0.05, 0.1) is 6.61 Å². The van der Waals surface area contributed by atoms with Crippen molar-refractivity contribution in [1.29, 1.82) is 0 Å². The van der Waals surface area contributed by atoms with E-state index in [1.807, 2.05) is 12.1 Å². The van der Waals surface area contributed by atoms with Crippen LogP contribution in [0.2, 0.25) is 0 Å². The standard InChI is InChI=1S/C13H19NO2/c1-9(2)12-6-10(8-15)7-13(14-12)16-11-4-3-5-11/h6-7,9,11,15H,3-5,8H2,1-2H3. The van der Waals surface area contributed by atoms with E-state index in [1.54, 1.807) is 0 Å². The molecule has 2 rings (SSSR count). The lowest BCUT2D eigenvalue weighted by atomic mass is 9.96. The SMILES string of the molecule is CC(C)c1cc(CO)cc(OC2CCC2)n1. The van der Waals surface area contributed by atoms with Gasteiger partial charge in [0.1, 0.15) is 6.10 Å². The Morgan fingerprint density at radius 1 is 1.44 bits per heavy atom. The van der Waals surface area contributed by atoms with Crippen molar-refractivity contribution in [2.45, 2.75) is 51.7 Å². The molecule has 0 aromatic carbocycles. The van der Waals surface area contributed by atoms with Crippen molar-refractivity contribution in [1.82, 2.24) is 4.98 Å². The predicted octanol–water partition coefficient (Wildman–Crippen LogP) is 2.63. The van der Waals surface area contributed by atoms with Crippen LogP contribution < -0.4 is 4.74 Å². The molecule has 0 saturated heterocycles. The maximum atomic E-state index is 9.19. The van der Waals surface area contributed by atoms with Crippen LogP contribution in [0.4, 0.5) is 0 Å². The summed E-state index contributed by atoms with van der Waals surface area (Å²) in [4.78, 5) is 4.47. The van der Waals surface area contributed by atoms with Crippen LogP contribution in [-0.4, -0.2) is 16.2 Å². The van der Waals surface area contributed by atoms with E-state index in [9.17, 15) is 5.11 Å². The van der Waals surface area contributed by atoms with Crippen LogP contribution >= 0.6 is 0 Å². The molecular weight excluding hydrogens is 202 g/mol. The fraction of sp³-hybridized carbons (Fsp3) is 0.615. The van der Waals surface area contributed by atoms with Gasteiger partial charge in [-0.2, -0.15) is 0 Å². The van der Waals surface area contributed by atoms with E-state index < -0.39 is 0 Å². The molecule has 0 spiro atoms. The molecule has 1 aliphatic carbocycles. The van der Waals surface area contributed by atoms with Crippen molar-refractivity contribution in [3.63, 3.8) is 0 Å². The second-order valence-electron chi connectivity index (χ2n) is 4.72. The first-order valence-corrected chi connectivity index (χ1v) is 5.97. The number of hydrogen-bond donors (Lipinski definition) is 1. The summed E-state index contributed by atoms with van der Waals surface area (Å²) in [6.45, 7) is 4.23. The molecule has 3 nitrogen and oxygen atoms in total. The van der Waals surface area contributed by atoms with Crippen molar-refractivity contribution >= 4 is 0 Å². The molecule has 0 atom stereocenters. The maximum absolute atomic E-state index is 9.19. The van der Waals surface area contributed by atoms with Crippen LogP contribution in [0.3, 0.4) is 0 Å². The van der Waals surface area contributed by atoms with Crippen molar-refractivity contribution in [3.05, 3.63) is 23.4 Å². The Morgan fingerprint density at radius 2 is 2.19 bits per heavy atom. The number of ether oxygens (including phenoxy) is 1. The minimum atomic E-state index is 0.0449. The molecule has 1 fully saturated rings. The lowest BCUT2D eigenvalue weighted by Gasteiger charge is -2.26. The van der Waals surface area contributed by atoms with Gasteiger partial charge < -0.3 is 9.84 Å². The van der Waals surface area contributed by atoms with E-state index in [-0.39, 0.29) is 6.61 Å². The number of aromatic nitrogens is 1. The molecule has 1 heterocycles. The van der Waals surface area contributed by atoms with E-state index in [0.29, 0.717) is 17.9 Å². The van der Waals surface area contributed by atoms with Crippen molar-refractivity contribution in [3.8, 4) is 5.88 Å². The molecule has 3 heteroatoms. The summed E-state index contributed by atoms with van der Waals surface area (Å²) in [5, 5.41) is 9.19. The highest BCUT2D eigenvalue weighted by Gasteiger charge is 2.20. The zero-order valence-electron chi connectivity index (χ0n) is 9.94. The van der Waals surface area contributed by atoms with Gasteiger partial charge in [0.15, 0.2) is 0 Å². The molecule has 1 saturated carbocycles. The Morgan fingerprint density at radius 3 is 2.69 bits per heavy atom. The Bertz CT molecular complexity index is 359. The van der Waals surface area contributed by atoms with Gasteiger partial charge in [0, 0.05) is 11.8 Å². The number of pyridine rings is 1. The summed E-state index contributed by atoms with van der Waals surface area (Å²) in [5.74, 6) is 1.02. The second-order valence-corrected chi connectivity index (χ2v) is 4.72. The fourth-order valence-corrected chi connectivity index (χ4v) is 1.69. The van der Waals surface area contributed by atoms with Gasteiger partial charge in [-0.1, -0.05) is 13.8 Å². The van der Waals surface area contributed by atoms with Gasteiger partial charge in [0.25, 0.3) is 0 Å². The number of aliphatic hydroxyl groups excluding tert-OH is 1. The Labute approximate surface area is 96.5 Å². The molecule has 1 aliphatic rings. The lowest BCUT2D eigenvalue weighted by molar-refractivity contribution is 0.114. The van der Waals surface area contributed by atoms with Crippen molar-refractivity contribution in [2.24, 2.45) is 0 Å². The van der Waals surface area contributed by atoms with Crippen molar-refractivity contribution < 1.29 is 9.84 Å². The molecule has 1 aromatic rings. The molecule has 0 bridgehead atoms. The summed E-state index contributed by atoms with van der Waals surface area (Å²) in [6.07, 6.45) is 3.84. The monoisotopic (exact) mass is 221 g/mol. The quantitative estimate of drug-likeness (QED) is 0.849. The molecule has 0 unspecified atom stereocenters. The summed E-state index contributed by atoms with van der Waals surface area (Å²) in [5.41, 5.74) is 1.87. The highest BCUT2D eigenvalue weighted by atomic mass is 16.5. The molecule has 0 aliphatic heterocycles. The van der Waals surface area contributed by atoms with E-state index in [1.165, 1.54) is 6.42 Å². The van der Waals surface area contributed by atoms with Gasteiger partial charge in [-0.3, -0.25) is 0 Å². The van der Waals surface area contributed by atoms with Gasteiger partial charge in [-0.25, -0.2) is 4.98 Å². The third-order valence-electron chi connectivity index (χ3n) is 3.00. The summed E-state index contributed by atoms with van der Waals surface area (Å²) in [7, 11) is 0. The van der Waals surface area contributed by atoms with Crippen LogP contribution in [0, 0.1) is 0 Å². The Hall–Kier alpha value is -1.09. The highest BCUT2D eigenvalue weighted by molar-refractivity contribution is 5.26. The molecule has 0 radical (unpaired) electrons. The average molecular weight is 221 g/mol. The number of rotatable bonds is 4.